The highest BCUT2D eigenvalue weighted by atomic mass is 19.1. The molecule has 0 bridgehead atoms. The van der Waals surface area contributed by atoms with Gasteiger partial charge in [0.1, 0.15) is 17.7 Å². The van der Waals surface area contributed by atoms with Crippen molar-refractivity contribution in [3.63, 3.8) is 0 Å². The number of benzene rings is 2. The number of hydrogen-bond acceptors (Lipinski definition) is 5. The number of carbonyl (C=O) groups excluding carboxylic acids is 2. The van der Waals surface area contributed by atoms with Gasteiger partial charge in [0.2, 0.25) is 5.91 Å². The van der Waals surface area contributed by atoms with E-state index < -0.39 is 12.1 Å². The Bertz CT molecular complexity index is 1540. The molecule has 2 amide bonds. The van der Waals surface area contributed by atoms with E-state index in [1.165, 1.54) is 13.2 Å². The van der Waals surface area contributed by atoms with Crippen LogP contribution in [0, 0.1) is 37.3 Å². The summed E-state index contributed by atoms with van der Waals surface area (Å²) in [6.07, 6.45) is 5.59. The Balaban J connectivity index is 1.74. The van der Waals surface area contributed by atoms with E-state index in [1.807, 2.05) is 60.6 Å². The van der Waals surface area contributed by atoms with Gasteiger partial charge < -0.3 is 20.3 Å². The predicted octanol–water partition coefficient (Wildman–Crippen LogP) is 10.5. The average Bonchev–Trinajstić information content (AvgIpc) is 3.57. The van der Waals surface area contributed by atoms with Crippen molar-refractivity contribution in [1.82, 2.24) is 10.2 Å². The number of methoxy groups -OCH3 is 1. The lowest BCUT2D eigenvalue weighted by molar-refractivity contribution is -0.134. The molecule has 7 nitrogen and oxygen atoms in total. The van der Waals surface area contributed by atoms with Gasteiger partial charge >= 0.3 is 6.09 Å². The highest BCUT2D eigenvalue weighted by Crippen LogP contribution is 2.35. The summed E-state index contributed by atoms with van der Waals surface area (Å²) < 4.78 is 35.6. The Labute approximate surface area is 299 Å². The predicted molar refractivity (Wildman–Crippen MR) is 201 cm³/mol. The number of nitrogens with one attached hydrogen (secondary N) is 2. The van der Waals surface area contributed by atoms with Crippen molar-refractivity contribution in [3.05, 3.63) is 70.4 Å². The van der Waals surface area contributed by atoms with E-state index in [0.717, 1.165) is 54.8 Å². The van der Waals surface area contributed by atoms with E-state index in [1.54, 1.807) is 11.0 Å². The minimum atomic E-state index is -0.714. The van der Waals surface area contributed by atoms with Gasteiger partial charge in [-0.3, -0.25) is 9.79 Å². The number of rotatable bonds is 16. The summed E-state index contributed by atoms with van der Waals surface area (Å²) in [7, 11) is 1.28. The molecule has 1 heterocycles. The number of alkyl carbamates (subject to hydrolysis) is 1. The maximum absolute atomic E-state index is 15.4. The first-order chi connectivity index (χ1) is 23.6. The summed E-state index contributed by atoms with van der Waals surface area (Å²) in [6.45, 7) is 22.6. The molecular formula is C41H60F2N4O3. The van der Waals surface area contributed by atoms with Crippen LogP contribution >= 0.6 is 0 Å². The number of aliphatic imine (C=N–C) groups is 1. The molecule has 1 saturated heterocycles. The molecule has 1 fully saturated rings. The quantitative estimate of drug-likeness (QED) is 0.171. The van der Waals surface area contributed by atoms with E-state index >= 15 is 8.78 Å². The minimum absolute atomic E-state index is 0.0562. The Kier molecular flexibility index (Phi) is 15.0. The number of carbonyl (C=O) groups is 2. The monoisotopic (exact) mass is 694 g/mol. The molecule has 2 N–H and O–H groups in total. The number of hydrogen-bond donors (Lipinski definition) is 2. The second-order valence-corrected chi connectivity index (χ2v) is 14.7. The van der Waals surface area contributed by atoms with Gasteiger partial charge in [-0.05, 0) is 117 Å². The van der Waals surface area contributed by atoms with Crippen molar-refractivity contribution in [2.45, 2.75) is 131 Å². The molecule has 3 unspecified atom stereocenters. The molecule has 9 heteroatoms. The van der Waals surface area contributed by atoms with Crippen molar-refractivity contribution < 1.29 is 23.1 Å². The zero-order chi connectivity index (χ0) is 37.3. The van der Waals surface area contributed by atoms with Gasteiger partial charge in [-0.2, -0.15) is 0 Å². The van der Waals surface area contributed by atoms with Crippen LogP contribution in [0.3, 0.4) is 0 Å². The van der Waals surface area contributed by atoms with Gasteiger partial charge in [-0.15, -0.1) is 0 Å². The summed E-state index contributed by atoms with van der Waals surface area (Å²) in [5.41, 5.74) is 5.99. The Morgan fingerprint density at radius 1 is 0.980 bits per heavy atom. The second-order valence-electron chi connectivity index (χ2n) is 14.7. The van der Waals surface area contributed by atoms with Gasteiger partial charge in [0.15, 0.2) is 0 Å². The normalized spacial score (nSPS) is 17.3. The summed E-state index contributed by atoms with van der Waals surface area (Å²) in [6, 6.07) is 5.91. The third-order valence-corrected chi connectivity index (χ3v) is 10.3. The molecule has 2 aromatic carbocycles. The molecule has 50 heavy (non-hydrogen) atoms. The van der Waals surface area contributed by atoms with Gasteiger partial charge in [0, 0.05) is 23.6 Å². The standard InChI is InChI=1S/C41H60F2N4O3/c1-12-13-15-25(4)30(9)44-37-23-35(43)32(20-28(37)7)26(5)17-18-27(6)33-22-36(29(8)21-34(33)42)45-31(10)38-16-14-19-47(38)40(48)39(24(2)3)46-41(49)50-11/h20-27,38-39,44H,9,12-19H2,1-8,10-11H3,(H,46,49)/t25-,26?,27+,38?,39?/m0/s1. The highest BCUT2D eigenvalue weighted by molar-refractivity contribution is 5.95. The fourth-order valence-corrected chi connectivity index (χ4v) is 6.79. The first kappa shape index (κ1) is 40.7. The number of allylic oxidation sites excluding steroid dienone is 1. The number of likely N-dealkylation sites (tertiary alicyclic amines) is 1. The number of aryl methyl sites for hydroxylation is 2. The fraction of sp³-hybridized carbons (Fsp3) is 0.585. The second kappa shape index (κ2) is 18.5. The number of unbranched alkanes of at least 4 members (excludes halogenated alkanes) is 1. The third-order valence-electron chi connectivity index (χ3n) is 10.3. The lowest BCUT2D eigenvalue weighted by Gasteiger charge is -2.30. The number of amides is 2. The van der Waals surface area contributed by atoms with Crippen LogP contribution in [0.1, 0.15) is 128 Å². The van der Waals surface area contributed by atoms with E-state index in [4.69, 9.17) is 9.73 Å². The van der Waals surface area contributed by atoms with Crippen molar-refractivity contribution in [2.24, 2.45) is 16.8 Å². The zero-order valence-corrected chi connectivity index (χ0v) is 32.0. The van der Waals surface area contributed by atoms with E-state index in [9.17, 15) is 9.59 Å². The van der Waals surface area contributed by atoms with Crippen LogP contribution in [-0.4, -0.2) is 48.4 Å². The van der Waals surface area contributed by atoms with Crippen LogP contribution in [0.15, 0.2) is 41.5 Å². The number of halogens is 2. The van der Waals surface area contributed by atoms with Crippen LogP contribution in [0.5, 0.6) is 0 Å². The first-order valence-electron chi connectivity index (χ1n) is 18.3. The topological polar surface area (TPSA) is 83.0 Å². The first-order valence-corrected chi connectivity index (χ1v) is 18.3. The maximum Gasteiger partial charge on any atom is 0.407 e. The fourth-order valence-electron chi connectivity index (χ4n) is 6.79. The van der Waals surface area contributed by atoms with Crippen molar-refractivity contribution >= 4 is 29.1 Å². The SMILES string of the molecule is C=C(Nc1cc(F)c(C(C)CC[C@@H](C)c2cc(N=C(C)C3CCCN3C(=O)C(NC(=O)OC)C(C)C)c(C)cc2F)cc1C)[C@@H](C)CCCC. The molecule has 5 atom stereocenters. The molecule has 0 aliphatic carbocycles. The van der Waals surface area contributed by atoms with Crippen LogP contribution in [0.2, 0.25) is 0 Å². The minimum Gasteiger partial charge on any atom is -0.453 e. The largest absolute Gasteiger partial charge is 0.453 e. The third kappa shape index (κ3) is 10.4. The summed E-state index contributed by atoms with van der Waals surface area (Å²) >= 11 is 0. The molecule has 3 rings (SSSR count). The molecule has 0 saturated carbocycles. The Morgan fingerprint density at radius 3 is 2.20 bits per heavy atom. The molecule has 276 valence electrons. The van der Waals surface area contributed by atoms with Gasteiger partial charge in [-0.1, -0.05) is 67.0 Å². The number of nitrogens with zero attached hydrogens (tertiary/aromatic N) is 2. The molecule has 2 aromatic rings. The summed E-state index contributed by atoms with van der Waals surface area (Å²) in [5, 5.41) is 6.03. The maximum atomic E-state index is 15.4. The van der Waals surface area contributed by atoms with Gasteiger partial charge in [0.05, 0.1) is 18.8 Å². The van der Waals surface area contributed by atoms with Crippen LogP contribution in [-0.2, 0) is 9.53 Å². The van der Waals surface area contributed by atoms with E-state index in [2.05, 4.69) is 31.1 Å². The Morgan fingerprint density at radius 2 is 1.60 bits per heavy atom. The van der Waals surface area contributed by atoms with Gasteiger partial charge in [0.25, 0.3) is 0 Å². The zero-order valence-electron chi connectivity index (χ0n) is 32.0. The van der Waals surface area contributed by atoms with E-state index in [0.29, 0.717) is 47.7 Å². The lowest BCUT2D eigenvalue weighted by atomic mass is 9.87. The summed E-state index contributed by atoms with van der Waals surface area (Å²) in [4.78, 5) is 32.2. The molecule has 0 aromatic heterocycles. The average molecular weight is 695 g/mol. The number of anilines is 1. The lowest BCUT2D eigenvalue weighted by Crippen LogP contribution is -2.53. The van der Waals surface area contributed by atoms with Crippen molar-refractivity contribution in [1.29, 1.82) is 0 Å². The summed E-state index contributed by atoms with van der Waals surface area (Å²) in [5.74, 6) is -0.696. The van der Waals surface area contributed by atoms with Gasteiger partial charge in [-0.25, -0.2) is 13.6 Å². The smallest absolute Gasteiger partial charge is 0.407 e. The van der Waals surface area contributed by atoms with Crippen molar-refractivity contribution in [3.8, 4) is 0 Å². The van der Waals surface area contributed by atoms with Crippen molar-refractivity contribution in [2.75, 3.05) is 19.0 Å². The van der Waals surface area contributed by atoms with E-state index in [-0.39, 0.29) is 41.3 Å². The molecule has 1 aliphatic heterocycles. The Hall–Kier alpha value is -3.75. The van der Waals surface area contributed by atoms with Crippen LogP contribution < -0.4 is 10.6 Å². The molecule has 0 radical (unpaired) electrons. The highest BCUT2D eigenvalue weighted by Gasteiger charge is 2.36. The molecule has 0 spiro atoms. The molecule has 1 aliphatic rings. The van der Waals surface area contributed by atoms with Crippen LogP contribution in [0.25, 0.3) is 0 Å². The molecular weight excluding hydrogens is 634 g/mol. The van der Waals surface area contributed by atoms with Crippen LogP contribution in [0.4, 0.5) is 25.0 Å². The number of ether oxygens (including phenoxy) is 1.